The molecule has 0 aromatic heterocycles. The molecule has 0 amide bonds. The molecule has 0 bridgehead atoms. The van der Waals surface area contributed by atoms with Crippen molar-refractivity contribution < 1.29 is 5.11 Å². The number of aliphatic hydroxyl groups is 1. The average Bonchev–Trinajstić information content (AvgIpc) is 2.05. The van der Waals surface area contributed by atoms with Gasteiger partial charge in [-0.05, 0) is 33.6 Å². The standard InChI is InChI=1S/C11H19NO/c1-4-7-11(2,3)12-8-5-10(13)6-9-12/h10,13H,5-6,8-9H2,1-3H3. The maximum Gasteiger partial charge on any atom is 0.0768 e. The van der Waals surface area contributed by atoms with Crippen LogP contribution in [0.25, 0.3) is 0 Å². The molecular formula is C11H19NO. The third kappa shape index (κ3) is 2.72. The Morgan fingerprint density at radius 2 is 1.85 bits per heavy atom. The molecule has 0 atom stereocenters. The van der Waals surface area contributed by atoms with E-state index in [1.54, 1.807) is 0 Å². The summed E-state index contributed by atoms with van der Waals surface area (Å²) in [5, 5.41) is 9.36. The van der Waals surface area contributed by atoms with Crippen molar-refractivity contribution in [2.75, 3.05) is 13.1 Å². The lowest BCUT2D eigenvalue weighted by Gasteiger charge is -2.38. The molecule has 1 fully saturated rings. The number of rotatable bonds is 1. The van der Waals surface area contributed by atoms with Crippen LogP contribution < -0.4 is 0 Å². The normalized spacial score (nSPS) is 20.9. The van der Waals surface area contributed by atoms with Crippen molar-refractivity contribution in [1.29, 1.82) is 0 Å². The van der Waals surface area contributed by atoms with Crippen molar-refractivity contribution in [1.82, 2.24) is 4.90 Å². The van der Waals surface area contributed by atoms with Gasteiger partial charge in [0.15, 0.2) is 0 Å². The van der Waals surface area contributed by atoms with Crippen LogP contribution in [0.2, 0.25) is 0 Å². The minimum atomic E-state index is -0.0957. The fourth-order valence-electron chi connectivity index (χ4n) is 1.81. The molecule has 2 nitrogen and oxygen atoms in total. The maximum atomic E-state index is 9.36. The van der Waals surface area contributed by atoms with Crippen LogP contribution in [0.1, 0.15) is 33.6 Å². The number of hydrogen-bond donors (Lipinski definition) is 1. The van der Waals surface area contributed by atoms with Gasteiger partial charge in [0, 0.05) is 13.1 Å². The molecule has 1 heterocycles. The summed E-state index contributed by atoms with van der Waals surface area (Å²) in [4.78, 5) is 2.34. The highest BCUT2D eigenvalue weighted by Crippen LogP contribution is 2.19. The highest BCUT2D eigenvalue weighted by atomic mass is 16.3. The molecule has 1 aliphatic heterocycles. The van der Waals surface area contributed by atoms with Gasteiger partial charge in [0.1, 0.15) is 0 Å². The maximum absolute atomic E-state index is 9.36. The van der Waals surface area contributed by atoms with Crippen molar-refractivity contribution in [3.05, 3.63) is 0 Å². The largest absolute Gasteiger partial charge is 0.393 e. The zero-order chi connectivity index (χ0) is 9.90. The quantitative estimate of drug-likeness (QED) is 0.615. The molecule has 0 aromatic carbocycles. The van der Waals surface area contributed by atoms with Crippen LogP contribution in [0, 0.1) is 11.8 Å². The Hall–Kier alpha value is -0.520. The lowest BCUT2D eigenvalue weighted by atomic mass is 9.98. The lowest BCUT2D eigenvalue weighted by Crippen LogP contribution is -2.48. The minimum Gasteiger partial charge on any atom is -0.393 e. The summed E-state index contributed by atoms with van der Waals surface area (Å²) in [7, 11) is 0. The topological polar surface area (TPSA) is 23.5 Å². The second-order valence-corrected chi connectivity index (χ2v) is 4.15. The molecule has 13 heavy (non-hydrogen) atoms. The van der Waals surface area contributed by atoms with E-state index in [0.29, 0.717) is 0 Å². The minimum absolute atomic E-state index is 0.0328. The number of likely N-dealkylation sites (tertiary alicyclic amines) is 1. The number of nitrogens with zero attached hydrogens (tertiary/aromatic N) is 1. The summed E-state index contributed by atoms with van der Waals surface area (Å²) in [5.41, 5.74) is -0.0328. The molecule has 1 saturated heterocycles. The second kappa shape index (κ2) is 4.13. The van der Waals surface area contributed by atoms with Gasteiger partial charge >= 0.3 is 0 Å². The average molecular weight is 181 g/mol. The monoisotopic (exact) mass is 181 g/mol. The molecule has 1 aliphatic rings. The van der Waals surface area contributed by atoms with Crippen molar-refractivity contribution >= 4 is 0 Å². The van der Waals surface area contributed by atoms with Crippen molar-refractivity contribution in [2.45, 2.75) is 45.3 Å². The third-order valence-electron chi connectivity index (χ3n) is 2.69. The Morgan fingerprint density at radius 1 is 1.31 bits per heavy atom. The van der Waals surface area contributed by atoms with E-state index in [1.807, 2.05) is 6.92 Å². The SMILES string of the molecule is CC#CC(C)(C)N1CCC(O)CC1. The molecule has 0 spiro atoms. The first kappa shape index (κ1) is 10.6. The zero-order valence-electron chi connectivity index (χ0n) is 8.80. The van der Waals surface area contributed by atoms with Crippen LogP contribution in [-0.4, -0.2) is 34.7 Å². The zero-order valence-corrected chi connectivity index (χ0v) is 8.80. The highest BCUT2D eigenvalue weighted by Gasteiger charge is 2.28. The summed E-state index contributed by atoms with van der Waals surface area (Å²) in [6.45, 7) is 8.08. The van der Waals surface area contributed by atoms with E-state index in [9.17, 15) is 5.11 Å². The van der Waals surface area contributed by atoms with Gasteiger partial charge in [0.2, 0.25) is 0 Å². The fraction of sp³-hybridized carbons (Fsp3) is 0.818. The number of hydrogen-bond acceptors (Lipinski definition) is 2. The summed E-state index contributed by atoms with van der Waals surface area (Å²) in [6.07, 6.45) is 1.67. The summed E-state index contributed by atoms with van der Waals surface area (Å²) < 4.78 is 0. The molecule has 0 unspecified atom stereocenters. The van der Waals surface area contributed by atoms with Crippen LogP contribution >= 0.6 is 0 Å². The van der Waals surface area contributed by atoms with E-state index >= 15 is 0 Å². The van der Waals surface area contributed by atoms with E-state index in [1.165, 1.54) is 0 Å². The van der Waals surface area contributed by atoms with E-state index < -0.39 is 0 Å². The van der Waals surface area contributed by atoms with Gasteiger partial charge in [-0.25, -0.2) is 0 Å². The Kier molecular flexibility index (Phi) is 3.35. The van der Waals surface area contributed by atoms with Crippen LogP contribution in [0.15, 0.2) is 0 Å². The molecule has 0 saturated carbocycles. The van der Waals surface area contributed by atoms with Crippen LogP contribution in [-0.2, 0) is 0 Å². The Bertz CT molecular complexity index is 216. The summed E-state index contributed by atoms with van der Waals surface area (Å²) in [6, 6.07) is 0. The smallest absolute Gasteiger partial charge is 0.0768 e. The molecule has 0 radical (unpaired) electrons. The van der Waals surface area contributed by atoms with Gasteiger partial charge in [-0.2, -0.15) is 0 Å². The van der Waals surface area contributed by atoms with Gasteiger partial charge in [-0.3, -0.25) is 4.90 Å². The molecule has 74 valence electrons. The Morgan fingerprint density at radius 3 is 2.31 bits per heavy atom. The Balaban J connectivity index is 2.56. The number of aliphatic hydroxyl groups excluding tert-OH is 1. The first-order valence-corrected chi connectivity index (χ1v) is 4.93. The highest BCUT2D eigenvalue weighted by molar-refractivity contribution is 5.13. The van der Waals surface area contributed by atoms with Crippen LogP contribution in [0.4, 0.5) is 0 Å². The van der Waals surface area contributed by atoms with Crippen molar-refractivity contribution in [3.63, 3.8) is 0 Å². The molecule has 1 rings (SSSR count). The first-order valence-electron chi connectivity index (χ1n) is 4.93. The first-order chi connectivity index (χ1) is 6.06. The van der Waals surface area contributed by atoms with Crippen molar-refractivity contribution in [3.8, 4) is 11.8 Å². The second-order valence-electron chi connectivity index (χ2n) is 4.15. The molecule has 0 aliphatic carbocycles. The van der Waals surface area contributed by atoms with Gasteiger partial charge in [0.05, 0.1) is 11.6 Å². The third-order valence-corrected chi connectivity index (χ3v) is 2.69. The van der Waals surface area contributed by atoms with Gasteiger partial charge in [0.25, 0.3) is 0 Å². The van der Waals surface area contributed by atoms with Crippen LogP contribution in [0.5, 0.6) is 0 Å². The predicted molar refractivity (Wildman–Crippen MR) is 54.3 cm³/mol. The number of piperidine rings is 1. The molecule has 0 aromatic rings. The van der Waals surface area contributed by atoms with Gasteiger partial charge < -0.3 is 5.11 Å². The van der Waals surface area contributed by atoms with Gasteiger partial charge in [-0.1, -0.05) is 5.92 Å². The molecular weight excluding hydrogens is 162 g/mol. The lowest BCUT2D eigenvalue weighted by molar-refractivity contribution is 0.0508. The van der Waals surface area contributed by atoms with Crippen LogP contribution in [0.3, 0.4) is 0 Å². The predicted octanol–water partition coefficient (Wildman–Crippen LogP) is 1.25. The fourth-order valence-corrected chi connectivity index (χ4v) is 1.81. The molecule has 2 heteroatoms. The Labute approximate surface area is 80.9 Å². The van der Waals surface area contributed by atoms with Crippen molar-refractivity contribution in [2.24, 2.45) is 0 Å². The van der Waals surface area contributed by atoms with E-state index in [0.717, 1.165) is 25.9 Å². The summed E-state index contributed by atoms with van der Waals surface area (Å²) >= 11 is 0. The molecule has 1 N–H and O–H groups in total. The summed E-state index contributed by atoms with van der Waals surface area (Å²) in [5.74, 6) is 6.16. The van der Waals surface area contributed by atoms with E-state index in [2.05, 4.69) is 30.6 Å². The van der Waals surface area contributed by atoms with E-state index in [-0.39, 0.29) is 11.6 Å². The van der Waals surface area contributed by atoms with E-state index in [4.69, 9.17) is 0 Å². The van der Waals surface area contributed by atoms with Gasteiger partial charge in [-0.15, -0.1) is 5.92 Å².